The number of ketones is 1. The molecule has 0 bridgehead atoms. The maximum Gasteiger partial charge on any atom is 0.159 e. The first-order valence-corrected chi connectivity index (χ1v) is 6.04. The number of rotatable bonds is 3. The molecule has 0 saturated heterocycles. The number of Topliss-reactive ketones (excluding diaryl/α,β-unsaturated/α-hetero) is 1. The van der Waals surface area contributed by atoms with Crippen LogP contribution >= 0.6 is 27.7 Å². The lowest BCUT2D eigenvalue weighted by molar-refractivity contribution is 0.101. The van der Waals surface area contributed by atoms with Crippen molar-refractivity contribution >= 4 is 33.5 Å². The minimum absolute atomic E-state index is 0.0589. The Kier molecular flexibility index (Phi) is 4.01. The fourth-order valence-electron chi connectivity index (χ4n) is 1.12. The minimum Gasteiger partial charge on any atom is -0.494 e. The predicted octanol–water partition coefficient (Wildman–Crippen LogP) is 3.38. The van der Waals surface area contributed by atoms with E-state index < -0.39 is 0 Å². The van der Waals surface area contributed by atoms with Crippen molar-refractivity contribution in [3.05, 3.63) is 22.2 Å². The molecule has 1 aromatic carbocycles. The molecule has 0 spiro atoms. The van der Waals surface area contributed by atoms with Crippen molar-refractivity contribution in [1.29, 1.82) is 0 Å². The Morgan fingerprint density at radius 3 is 2.57 bits per heavy atom. The van der Waals surface area contributed by atoms with Gasteiger partial charge in [0.15, 0.2) is 5.78 Å². The lowest BCUT2D eigenvalue weighted by Gasteiger charge is -2.09. The van der Waals surface area contributed by atoms with E-state index in [2.05, 4.69) is 15.9 Å². The van der Waals surface area contributed by atoms with Crippen LogP contribution < -0.4 is 4.74 Å². The number of thioether (sulfide) groups is 1. The Balaban J connectivity index is 3.31. The van der Waals surface area contributed by atoms with Crippen molar-refractivity contribution in [3.63, 3.8) is 0 Å². The standard InChI is InChI=1S/C10H11BrO2S/c1-6(12)7-4-8(11)10(13-2)9(5-7)14-3/h4-5H,1-3H3. The van der Waals surface area contributed by atoms with Gasteiger partial charge in [-0.05, 0) is 41.2 Å². The summed E-state index contributed by atoms with van der Waals surface area (Å²) in [4.78, 5) is 12.2. The third kappa shape index (κ3) is 2.30. The van der Waals surface area contributed by atoms with Crippen LogP contribution in [-0.2, 0) is 0 Å². The van der Waals surface area contributed by atoms with Crippen LogP contribution in [0.4, 0.5) is 0 Å². The normalized spacial score (nSPS) is 10.0. The smallest absolute Gasteiger partial charge is 0.159 e. The van der Waals surface area contributed by atoms with Gasteiger partial charge in [-0.15, -0.1) is 11.8 Å². The van der Waals surface area contributed by atoms with Crippen molar-refractivity contribution in [3.8, 4) is 5.75 Å². The van der Waals surface area contributed by atoms with Crippen LogP contribution in [0.1, 0.15) is 17.3 Å². The first kappa shape index (κ1) is 11.6. The topological polar surface area (TPSA) is 26.3 Å². The summed E-state index contributed by atoms with van der Waals surface area (Å²) in [7, 11) is 1.62. The number of halogens is 1. The summed E-state index contributed by atoms with van der Waals surface area (Å²) in [5.41, 5.74) is 0.696. The van der Waals surface area contributed by atoms with E-state index in [1.165, 1.54) is 0 Å². The van der Waals surface area contributed by atoms with E-state index in [0.717, 1.165) is 15.1 Å². The lowest BCUT2D eigenvalue weighted by Crippen LogP contribution is -1.95. The summed E-state index contributed by atoms with van der Waals surface area (Å²) >= 11 is 4.94. The second-order valence-electron chi connectivity index (χ2n) is 2.75. The Hall–Kier alpha value is -0.480. The summed E-state index contributed by atoms with van der Waals surface area (Å²) < 4.78 is 6.04. The number of benzene rings is 1. The van der Waals surface area contributed by atoms with Gasteiger partial charge in [0.2, 0.25) is 0 Å². The van der Waals surface area contributed by atoms with Gasteiger partial charge in [-0.2, -0.15) is 0 Å². The molecule has 0 aromatic heterocycles. The molecule has 0 fully saturated rings. The van der Waals surface area contributed by atoms with Crippen molar-refractivity contribution in [1.82, 2.24) is 0 Å². The monoisotopic (exact) mass is 274 g/mol. The number of hydrogen-bond acceptors (Lipinski definition) is 3. The van der Waals surface area contributed by atoms with Gasteiger partial charge in [0.25, 0.3) is 0 Å². The molecular weight excluding hydrogens is 264 g/mol. The molecule has 0 atom stereocenters. The third-order valence-corrected chi connectivity index (χ3v) is 3.17. The highest BCUT2D eigenvalue weighted by Gasteiger charge is 2.10. The Labute approximate surface area is 96.2 Å². The van der Waals surface area contributed by atoms with Crippen LogP contribution in [0.3, 0.4) is 0 Å². The second kappa shape index (κ2) is 4.84. The quantitative estimate of drug-likeness (QED) is 0.625. The lowest BCUT2D eigenvalue weighted by atomic mass is 10.1. The average Bonchev–Trinajstić information content (AvgIpc) is 2.16. The highest BCUT2D eigenvalue weighted by molar-refractivity contribution is 9.10. The fourth-order valence-corrected chi connectivity index (χ4v) is 2.50. The van der Waals surface area contributed by atoms with E-state index in [4.69, 9.17) is 4.74 Å². The maximum atomic E-state index is 11.2. The summed E-state index contributed by atoms with van der Waals surface area (Å²) in [5, 5.41) is 0. The van der Waals surface area contributed by atoms with E-state index in [1.54, 1.807) is 31.9 Å². The van der Waals surface area contributed by atoms with Gasteiger partial charge in [0, 0.05) is 5.56 Å². The minimum atomic E-state index is 0.0589. The number of carbonyl (C=O) groups is 1. The maximum absolute atomic E-state index is 11.2. The molecule has 4 heteroatoms. The van der Waals surface area contributed by atoms with E-state index in [1.807, 2.05) is 12.3 Å². The van der Waals surface area contributed by atoms with Crippen LogP contribution in [-0.4, -0.2) is 19.1 Å². The van der Waals surface area contributed by atoms with Gasteiger partial charge in [-0.3, -0.25) is 4.79 Å². The summed E-state index contributed by atoms with van der Waals surface area (Å²) in [6, 6.07) is 3.62. The molecule has 1 aromatic rings. The highest BCUT2D eigenvalue weighted by Crippen LogP contribution is 2.36. The van der Waals surface area contributed by atoms with Gasteiger partial charge in [0.05, 0.1) is 16.5 Å². The second-order valence-corrected chi connectivity index (χ2v) is 4.45. The summed E-state index contributed by atoms with van der Waals surface area (Å²) in [6.07, 6.45) is 1.95. The number of methoxy groups -OCH3 is 1. The van der Waals surface area contributed by atoms with Crippen LogP contribution in [0.5, 0.6) is 5.75 Å². The number of carbonyl (C=O) groups excluding carboxylic acids is 1. The zero-order valence-corrected chi connectivity index (χ0v) is 10.7. The molecule has 0 aliphatic heterocycles. The van der Waals surface area contributed by atoms with Crippen LogP contribution in [0, 0.1) is 0 Å². The highest BCUT2D eigenvalue weighted by atomic mass is 79.9. The molecule has 1 rings (SSSR count). The van der Waals surface area contributed by atoms with E-state index >= 15 is 0 Å². The molecule has 0 heterocycles. The SMILES string of the molecule is COc1c(Br)cc(C(C)=O)cc1SC. The van der Waals surface area contributed by atoms with E-state index in [-0.39, 0.29) is 5.78 Å². The van der Waals surface area contributed by atoms with Gasteiger partial charge >= 0.3 is 0 Å². The zero-order valence-electron chi connectivity index (χ0n) is 8.26. The Morgan fingerprint density at radius 1 is 1.50 bits per heavy atom. The molecule has 0 amide bonds. The molecule has 0 aliphatic carbocycles. The van der Waals surface area contributed by atoms with Crippen molar-refractivity contribution in [2.75, 3.05) is 13.4 Å². The van der Waals surface area contributed by atoms with Gasteiger partial charge < -0.3 is 4.74 Å². The molecule has 76 valence electrons. The van der Waals surface area contributed by atoms with Crippen molar-refractivity contribution in [2.24, 2.45) is 0 Å². The predicted molar refractivity (Wildman–Crippen MR) is 62.5 cm³/mol. The van der Waals surface area contributed by atoms with Crippen LogP contribution in [0.25, 0.3) is 0 Å². The van der Waals surface area contributed by atoms with E-state index in [0.29, 0.717) is 5.56 Å². The molecule has 0 saturated carbocycles. The molecule has 0 N–H and O–H groups in total. The molecule has 14 heavy (non-hydrogen) atoms. The van der Waals surface area contributed by atoms with Crippen molar-refractivity contribution in [2.45, 2.75) is 11.8 Å². The third-order valence-electron chi connectivity index (χ3n) is 1.84. The molecule has 0 aliphatic rings. The van der Waals surface area contributed by atoms with E-state index in [9.17, 15) is 4.79 Å². The number of ether oxygens (including phenoxy) is 1. The number of hydrogen-bond donors (Lipinski definition) is 0. The summed E-state index contributed by atoms with van der Waals surface area (Å²) in [6.45, 7) is 1.55. The van der Waals surface area contributed by atoms with Crippen LogP contribution in [0.2, 0.25) is 0 Å². The van der Waals surface area contributed by atoms with Gasteiger partial charge in [-0.1, -0.05) is 0 Å². The first-order valence-electron chi connectivity index (χ1n) is 4.02. The molecular formula is C10H11BrO2S. The Morgan fingerprint density at radius 2 is 2.14 bits per heavy atom. The molecule has 0 unspecified atom stereocenters. The van der Waals surface area contributed by atoms with Crippen LogP contribution in [0.15, 0.2) is 21.5 Å². The summed E-state index contributed by atoms with van der Waals surface area (Å²) in [5.74, 6) is 0.839. The van der Waals surface area contributed by atoms with Gasteiger partial charge in [-0.25, -0.2) is 0 Å². The van der Waals surface area contributed by atoms with Crippen molar-refractivity contribution < 1.29 is 9.53 Å². The Bertz CT molecular complexity index is 363. The first-order chi connectivity index (χ1) is 6.60. The fraction of sp³-hybridized carbons (Fsp3) is 0.300. The van der Waals surface area contributed by atoms with Gasteiger partial charge in [0.1, 0.15) is 5.75 Å². The molecule has 0 radical (unpaired) electrons. The largest absolute Gasteiger partial charge is 0.494 e. The zero-order chi connectivity index (χ0) is 10.7. The molecule has 2 nitrogen and oxygen atoms in total. The average molecular weight is 275 g/mol.